The van der Waals surface area contributed by atoms with Crippen molar-refractivity contribution in [1.29, 1.82) is 0 Å². The minimum atomic E-state index is -0.228. The van der Waals surface area contributed by atoms with Crippen molar-refractivity contribution in [1.82, 2.24) is 14.5 Å². The molecule has 0 amide bonds. The van der Waals surface area contributed by atoms with Crippen LogP contribution in [0, 0.1) is 13.8 Å². The highest BCUT2D eigenvalue weighted by molar-refractivity contribution is 9.10. The van der Waals surface area contributed by atoms with Crippen molar-refractivity contribution in [3.05, 3.63) is 42.9 Å². The quantitative estimate of drug-likeness (QED) is 0.853. The van der Waals surface area contributed by atoms with Crippen LogP contribution in [0.3, 0.4) is 0 Å². The van der Waals surface area contributed by atoms with Gasteiger partial charge < -0.3 is 0 Å². The van der Waals surface area contributed by atoms with E-state index in [4.69, 9.17) is 0 Å². The molecule has 0 saturated carbocycles. The first-order valence-corrected chi connectivity index (χ1v) is 6.38. The van der Waals surface area contributed by atoms with E-state index in [1.165, 1.54) is 11.3 Å². The summed E-state index contributed by atoms with van der Waals surface area (Å²) in [4.78, 5) is 19.9. The average molecular weight is 300 g/mol. The van der Waals surface area contributed by atoms with Crippen molar-refractivity contribution in [2.75, 3.05) is 0 Å². The van der Waals surface area contributed by atoms with Gasteiger partial charge in [-0.15, -0.1) is 11.3 Å². The Morgan fingerprint density at radius 2 is 2.25 bits per heavy atom. The standard InChI is InChI=1S/C10H10BrN3OS/c1-6-9(11)7(2)14(10(15)13-6)5-8-12-3-4-16-8/h3-4H,5H2,1-2H3. The fourth-order valence-electron chi connectivity index (χ4n) is 1.43. The largest absolute Gasteiger partial charge is 0.348 e. The lowest BCUT2D eigenvalue weighted by Crippen LogP contribution is -2.26. The Morgan fingerprint density at radius 1 is 1.50 bits per heavy atom. The van der Waals surface area contributed by atoms with Crippen LogP contribution in [0.2, 0.25) is 0 Å². The van der Waals surface area contributed by atoms with Gasteiger partial charge in [0.05, 0.1) is 16.7 Å². The first kappa shape index (κ1) is 11.5. The average Bonchev–Trinajstić information content (AvgIpc) is 2.74. The number of aryl methyl sites for hydroxylation is 1. The zero-order valence-electron chi connectivity index (χ0n) is 8.90. The first-order valence-electron chi connectivity index (χ1n) is 4.71. The van der Waals surface area contributed by atoms with Crippen LogP contribution >= 0.6 is 27.3 Å². The van der Waals surface area contributed by atoms with Crippen molar-refractivity contribution in [2.24, 2.45) is 0 Å². The van der Waals surface area contributed by atoms with E-state index in [0.717, 1.165) is 20.9 Å². The second-order valence-corrected chi connectivity index (χ2v) is 5.16. The molecule has 2 aromatic rings. The van der Waals surface area contributed by atoms with Crippen molar-refractivity contribution < 1.29 is 0 Å². The SMILES string of the molecule is Cc1nc(=O)n(Cc2nccs2)c(C)c1Br. The molecule has 0 aliphatic rings. The van der Waals surface area contributed by atoms with E-state index in [0.29, 0.717) is 6.54 Å². The summed E-state index contributed by atoms with van der Waals surface area (Å²) >= 11 is 4.96. The third kappa shape index (κ3) is 2.08. The molecule has 2 rings (SSSR count). The van der Waals surface area contributed by atoms with Crippen molar-refractivity contribution in [3.63, 3.8) is 0 Å². The van der Waals surface area contributed by atoms with Gasteiger partial charge in [0.1, 0.15) is 5.01 Å². The fraction of sp³-hybridized carbons (Fsp3) is 0.300. The first-order chi connectivity index (χ1) is 7.59. The number of hydrogen-bond donors (Lipinski definition) is 0. The Kier molecular flexibility index (Phi) is 3.20. The minimum absolute atomic E-state index is 0.228. The summed E-state index contributed by atoms with van der Waals surface area (Å²) < 4.78 is 2.50. The number of rotatable bonds is 2. The molecule has 16 heavy (non-hydrogen) atoms. The van der Waals surface area contributed by atoms with Gasteiger partial charge in [-0.2, -0.15) is 4.98 Å². The molecule has 0 saturated heterocycles. The van der Waals surface area contributed by atoms with E-state index in [2.05, 4.69) is 25.9 Å². The summed E-state index contributed by atoms with van der Waals surface area (Å²) in [6.45, 7) is 4.19. The number of halogens is 1. The van der Waals surface area contributed by atoms with E-state index in [-0.39, 0.29) is 5.69 Å². The van der Waals surface area contributed by atoms with Crippen LogP contribution in [0.15, 0.2) is 20.8 Å². The Bertz CT molecular complexity index is 562. The molecule has 0 N–H and O–H groups in total. The van der Waals surface area contributed by atoms with E-state index >= 15 is 0 Å². The Labute approximate surface area is 105 Å². The molecular formula is C10H10BrN3OS. The lowest BCUT2D eigenvalue weighted by molar-refractivity contribution is 0.685. The fourth-order valence-corrected chi connectivity index (χ4v) is 2.34. The predicted octanol–water partition coefficient (Wildman–Crippen LogP) is 2.13. The summed E-state index contributed by atoms with van der Waals surface area (Å²) in [6.07, 6.45) is 1.73. The number of thiazole rings is 1. The minimum Gasteiger partial charge on any atom is -0.289 e. The molecule has 84 valence electrons. The van der Waals surface area contributed by atoms with E-state index in [1.54, 1.807) is 10.8 Å². The zero-order valence-corrected chi connectivity index (χ0v) is 11.3. The van der Waals surface area contributed by atoms with Crippen molar-refractivity contribution >= 4 is 27.3 Å². The summed E-state index contributed by atoms with van der Waals surface area (Å²) in [5, 5.41) is 2.80. The van der Waals surface area contributed by atoms with Gasteiger partial charge in [-0.3, -0.25) is 4.57 Å². The molecule has 0 aromatic carbocycles. The molecule has 4 nitrogen and oxygen atoms in total. The van der Waals surface area contributed by atoms with Gasteiger partial charge in [-0.1, -0.05) is 0 Å². The summed E-state index contributed by atoms with van der Waals surface area (Å²) in [5.41, 5.74) is 1.37. The molecule has 0 atom stereocenters. The third-order valence-corrected chi connectivity index (χ3v) is 4.22. The summed E-state index contributed by atoms with van der Waals surface area (Å²) in [6, 6.07) is 0. The van der Waals surface area contributed by atoms with Gasteiger partial charge in [0.2, 0.25) is 0 Å². The number of aromatic nitrogens is 3. The maximum absolute atomic E-state index is 11.7. The molecule has 0 unspecified atom stereocenters. The molecule has 0 fully saturated rings. The van der Waals surface area contributed by atoms with Gasteiger partial charge in [-0.05, 0) is 29.8 Å². The van der Waals surface area contributed by atoms with Crippen LogP contribution < -0.4 is 5.69 Å². The second-order valence-electron chi connectivity index (χ2n) is 3.39. The number of nitrogens with zero attached hydrogens (tertiary/aromatic N) is 3. The molecule has 0 aliphatic carbocycles. The molecule has 0 bridgehead atoms. The van der Waals surface area contributed by atoms with Crippen LogP contribution in [0.5, 0.6) is 0 Å². The van der Waals surface area contributed by atoms with E-state index in [1.807, 2.05) is 19.2 Å². The predicted molar refractivity (Wildman–Crippen MR) is 66.9 cm³/mol. The number of hydrogen-bond acceptors (Lipinski definition) is 4. The highest BCUT2D eigenvalue weighted by Gasteiger charge is 2.10. The van der Waals surface area contributed by atoms with Gasteiger partial charge >= 0.3 is 5.69 Å². The summed E-state index contributed by atoms with van der Waals surface area (Å²) in [5.74, 6) is 0. The summed E-state index contributed by atoms with van der Waals surface area (Å²) in [7, 11) is 0. The molecule has 0 radical (unpaired) electrons. The Hall–Kier alpha value is -1.01. The smallest absolute Gasteiger partial charge is 0.289 e. The maximum Gasteiger partial charge on any atom is 0.348 e. The lowest BCUT2D eigenvalue weighted by Gasteiger charge is -2.10. The molecule has 2 aromatic heterocycles. The second kappa shape index (κ2) is 4.47. The highest BCUT2D eigenvalue weighted by Crippen LogP contribution is 2.17. The zero-order chi connectivity index (χ0) is 11.7. The topological polar surface area (TPSA) is 47.8 Å². The van der Waals surface area contributed by atoms with Crippen molar-refractivity contribution in [2.45, 2.75) is 20.4 Å². The Balaban J connectivity index is 2.49. The van der Waals surface area contributed by atoms with Crippen LogP contribution in [-0.4, -0.2) is 14.5 Å². The normalized spacial score (nSPS) is 10.7. The Morgan fingerprint density at radius 3 is 2.88 bits per heavy atom. The van der Waals surface area contributed by atoms with Gasteiger partial charge in [0.15, 0.2) is 0 Å². The third-order valence-electron chi connectivity index (χ3n) is 2.31. The molecule has 2 heterocycles. The molecule has 0 spiro atoms. The maximum atomic E-state index is 11.7. The van der Waals surface area contributed by atoms with Gasteiger partial charge in [-0.25, -0.2) is 9.78 Å². The van der Waals surface area contributed by atoms with Crippen LogP contribution in [0.1, 0.15) is 16.4 Å². The van der Waals surface area contributed by atoms with Gasteiger partial charge in [0, 0.05) is 17.3 Å². The van der Waals surface area contributed by atoms with Gasteiger partial charge in [0.25, 0.3) is 0 Å². The van der Waals surface area contributed by atoms with Crippen LogP contribution in [0.4, 0.5) is 0 Å². The monoisotopic (exact) mass is 299 g/mol. The molecule has 6 heteroatoms. The van der Waals surface area contributed by atoms with Crippen molar-refractivity contribution in [3.8, 4) is 0 Å². The highest BCUT2D eigenvalue weighted by atomic mass is 79.9. The molecular weight excluding hydrogens is 290 g/mol. The van der Waals surface area contributed by atoms with Crippen LogP contribution in [-0.2, 0) is 6.54 Å². The van der Waals surface area contributed by atoms with E-state index in [9.17, 15) is 4.79 Å². The van der Waals surface area contributed by atoms with E-state index < -0.39 is 0 Å². The van der Waals surface area contributed by atoms with Crippen LogP contribution in [0.25, 0.3) is 0 Å². The lowest BCUT2D eigenvalue weighted by atomic mass is 10.3. The molecule has 0 aliphatic heterocycles.